The predicted octanol–water partition coefficient (Wildman–Crippen LogP) is 3.05. The van der Waals surface area contributed by atoms with Gasteiger partial charge in [0.15, 0.2) is 5.78 Å². The number of Topliss-reactive ketones (excluding diaryl/α,β-unsaturated/α-hetero) is 1. The van der Waals surface area contributed by atoms with E-state index >= 15 is 0 Å². The zero-order valence-electron chi connectivity index (χ0n) is 14.2. The lowest BCUT2D eigenvalue weighted by molar-refractivity contribution is -0.154. The Morgan fingerprint density at radius 3 is 2.22 bits per heavy atom. The predicted molar refractivity (Wildman–Crippen MR) is 86.6 cm³/mol. The molecule has 0 bridgehead atoms. The SMILES string of the molecule is COC(=O)C1=CC=CC=C(C(=O)CCCC(=O)OC(C)(C)C)C1. The molecule has 126 valence electrons. The third-order valence-electron chi connectivity index (χ3n) is 3.10. The summed E-state index contributed by atoms with van der Waals surface area (Å²) in [5, 5.41) is 0. The number of carbonyl (C=O) groups excluding carboxylic acids is 3. The first-order chi connectivity index (χ1) is 10.7. The number of ether oxygens (including phenoxy) is 2. The van der Waals surface area contributed by atoms with Crippen molar-refractivity contribution in [3.63, 3.8) is 0 Å². The average molecular weight is 320 g/mol. The van der Waals surface area contributed by atoms with Gasteiger partial charge in [-0.05, 0) is 32.8 Å². The molecule has 1 aliphatic carbocycles. The number of ketones is 1. The lowest BCUT2D eigenvalue weighted by atomic mass is 9.99. The van der Waals surface area contributed by atoms with Gasteiger partial charge in [-0.15, -0.1) is 0 Å². The molecule has 0 aromatic carbocycles. The van der Waals surface area contributed by atoms with Crippen LogP contribution in [0.4, 0.5) is 0 Å². The lowest BCUT2D eigenvalue weighted by Gasteiger charge is -2.19. The molecule has 0 saturated carbocycles. The van der Waals surface area contributed by atoms with Crippen molar-refractivity contribution in [2.75, 3.05) is 7.11 Å². The molecule has 0 heterocycles. The van der Waals surface area contributed by atoms with Crippen LogP contribution in [0.3, 0.4) is 0 Å². The fourth-order valence-corrected chi connectivity index (χ4v) is 2.08. The highest BCUT2D eigenvalue weighted by atomic mass is 16.6. The van der Waals surface area contributed by atoms with Crippen molar-refractivity contribution in [2.45, 2.75) is 52.1 Å². The van der Waals surface area contributed by atoms with Crippen molar-refractivity contribution in [3.8, 4) is 0 Å². The summed E-state index contributed by atoms with van der Waals surface area (Å²) in [5.74, 6) is -0.825. The lowest BCUT2D eigenvalue weighted by Crippen LogP contribution is -2.23. The van der Waals surface area contributed by atoms with Gasteiger partial charge in [-0.2, -0.15) is 0 Å². The molecule has 0 amide bonds. The van der Waals surface area contributed by atoms with E-state index < -0.39 is 11.6 Å². The van der Waals surface area contributed by atoms with Gasteiger partial charge in [0.2, 0.25) is 0 Å². The topological polar surface area (TPSA) is 69.7 Å². The number of hydrogen-bond donors (Lipinski definition) is 0. The first kappa shape index (κ1) is 18.9. The number of methoxy groups -OCH3 is 1. The van der Waals surface area contributed by atoms with Gasteiger partial charge in [0.05, 0.1) is 7.11 Å². The minimum atomic E-state index is -0.518. The molecule has 1 aliphatic rings. The minimum absolute atomic E-state index is 0.0742. The molecule has 0 aliphatic heterocycles. The van der Waals surface area contributed by atoms with Crippen LogP contribution in [-0.4, -0.2) is 30.4 Å². The van der Waals surface area contributed by atoms with Crippen LogP contribution in [0.15, 0.2) is 35.5 Å². The van der Waals surface area contributed by atoms with Gasteiger partial charge in [0, 0.05) is 24.8 Å². The summed E-state index contributed by atoms with van der Waals surface area (Å²) in [4.78, 5) is 35.5. The van der Waals surface area contributed by atoms with Crippen molar-refractivity contribution >= 4 is 17.7 Å². The largest absolute Gasteiger partial charge is 0.466 e. The maximum atomic E-state index is 12.2. The molecule has 0 unspecified atom stereocenters. The van der Waals surface area contributed by atoms with Gasteiger partial charge >= 0.3 is 11.9 Å². The Kier molecular flexibility index (Phi) is 6.94. The normalized spacial score (nSPS) is 14.4. The Hall–Kier alpha value is -2.17. The molecule has 0 N–H and O–H groups in total. The fraction of sp³-hybridized carbons (Fsp3) is 0.500. The Bertz CT molecular complexity index is 558. The summed E-state index contributed by atoms with van der Waals surface area (Å²) in [6.45, 7) is 5.41. The molecule has 0 radical (unpaired) electrons. The second-order valence-corrected chi connectivity index (χ2v) is 6.30. The van der Waals surface area contributed by atoms with Gasteiger partial charge in [-0.1, -0.05) is 24.3 Å². The van der Waals surface area contributed by atoms with Gasteiger partial charge in [-0.3, -0.25) is 9.59 Å². The summed E-state index contributed by atoms with van der Waals surface area (Å²) in [5.41, 5.74) is 0.461. The van der Waals surface area contributed by atoms with Crippen molar-refractivity contribution in [1.29, 1.82) is 0 Å². The molecule has 1 rings (SSSR count). The number of hydrogen-bond acceptors (Lipinski definition) is 5. The molecule has 5 heteroatoms. The maximum Gasteiger partial charge on any atom is 0.334 e. The molecule has 23 heavy (non-hydrogen) atoms. The monoisotopic (exact) mass is 320 g/mol. The van der Waals surface area contributed by atoms with Crippen LogP contribution < -0.4 is 0 Å². The summed E-state index contributed by atoms with van der Waals surface area (Å²) in [6, 6.07) is 0. The van der Waals surface area contributed by atoms with Crippen molar-refractivity contribution < 1.29 is 23.9 Å². The number of carbonyl (C=O) groups is 3. The molecule has 5 nitrogen and oxygen atoms in total. The molecule has 0 spiro atoms. The van der Waals surface area contributed by atoms with E-state index in [-0.39, 0.29) is 31.0 Å². The first-order valence-corrected chi connectivity index (χ1v) is 7.62. The summed E-state index contributed by atoms with van der Waals surface area (Å²) >= 11 is 0. The van der Waals surface area contributed by atoms with Crippen LogP contribution in [0, 0.1) is 0 Å². The highest BCUT2D eigenvalue weighted by Gasteiger charge is 2.19. The minimum Gasteiger partial charge on any atom is -0.466 e. The first-order valence-electron chi connectivity index (χ1n) is 7.62. The highest BCUT2D eigenvalue weighted by Crippen LogP contribution is 2.19. The van der Waals surface area contributed by atoms with Crippen LogP contribution in [-0.2, 0) is 23.9 Å². The molecule has 0 saturated heterocycles. The second-order valence-electron chi connectivity index (χ2n) is 6.30. The summed E-state index contributed by atoms with van der Waals surface area (Å²) < 4.78 is 9.89. The highest BCUT2D eigenvalue weighted by molar-refractivity contribution is 5.99. The van der Waals surface area contributed by atoms with E-state index in [0.29, 0.717) is 17.6 Å². The third kappa shape index (κ3) is 7.08. The average Bonchev–Trinajstić information content (AvgIpc) is 2.70. The summed E-state index contributed by atoms with van der Waals surface area (Å²) in [7, 11) is 1.31. The van der Waals surface area contributed by atoms with Crippen molar-refractivity contribution in [3.05, 3.63) is 35.5 Å². The Balaban J connectivity index is 2.51. The maximum absolute atomic E-state index is 12.2. The van der Waals surface area contributed by atoms with E-state index in [4.69, 9.17) is 9.47 Å². The number of allylic oxidation sites excluding steroid dienone is 5. The molecule has 0 fully saturated rings. The van der Waals surface area contributed by atoms with Gasteiger partial charge in [0.1, 0.15) is 5.60 Å². The second kappa shape index (κ2) is 8.46. The van der Waals surface area contributed by atoms with E-state index in [9.17, 15) is 14.4 Å². The fourth-order valence-electron chi connectivity index (χ4n) is 2.08. The molecular weight excluding hydrogens is 296 g/mol. The van der Waals surface area contributed by atoms with Crippen molar-refractivity contribution in [2.24, 2.45) is 0 Å². The van der Waals surface area contributed by atoms with Gasteiger partial charge in [-0.25, -0.2) is 4.79 Å². The van der Waals surface area contributed by atoms with E-state index in [1.54, 1.807) is 45.1 Å². The summed E-state index contributed by atoms with van der Waals surface area (Å²) in [6.07, 6.45) is 7.87. The van der Waals surface area contributed by atoms with E-state index in [2.05, 4.69) is 0 Å². The van der Waals surface area contributed by atoms with E-state index in [0.717, 1.165) is 0 Å². The van der Waals surface area contributed by atoms with Crippen LogP contribution in [0.2, 0.25) is 0 Å². The van der Waals surface area contributed by atoms with E-state index in [1.165, 1.54) is 7.11 Å². The van der Waals surface area contributed by atoms with Crippen molar-refractivity contribution in [1.82, 2.24) is 0 Å². The standard InChI is InChI=1S/C18H24O5/c1-18(2,3)23-16(20)11-7-10-15(19)13-8-5-6-9-14(12-13)17(21)22-4/h5-6,8-9H,7,10-12H2,1-4H3. The Morgan fingerprint density at radius 2 is 1.65 bits per heavy atom. The smallest absolute Gasteiger partial charge is 0.334 e. The zero-order valence-corrected chi connectivity index (χ0v) is 14.2. The zero-order chi connectivity index (χ0) is 17.5. The van der Waals surface area contributed by atoms with Crippen LogP contribution in [0.1, 0.15) is 46.5 Å². The molecular formula is C18H24O5. The Morgan fingerprint density at radius 1 is 1.04 bits per heavy atom. The van der Waals surface area contributed by atoms with E-state index in [1.807, 2.05) is 0 Å². The molecule has 0 aromatic rings. The van der Waals surface area contributed by atoms with Gasteiger partial charge in [0.25, 0.3) is 0 Å². The molecule has 0 atom stereocenters. The van der Waals surface area contributed by atoms with Gasteiger partial charge < -0.3 is 9.47 Å². The Labute approximate surface area is 137 Å². The number of esters is 2. The van der Waals surface area contributed by atoms with Crippen LogP contribution >= 0.6 is 0 Å². The quantitative estimate of drug-likeness (QED) is 0.704. The third-order valence-corrected chi connectivity index (χ3v) is 3.10. The van der Waals surface area contributed by atoms with Crippen LogP contribution in [0.5, 0.6) is 0 Å². The van der Waals surface area contributed by atoms with Crippen LogP contribution in [0.25, 0.3) is 0 Å². The number of rotatable bonds is 6. The molecule has 0 aromatic heterocycles.